The molecule has 0 aliphatic carbocycles. The normalized spacial score (nSPS) is 11.2. The van der Waals surface area contributed by atoms with E-state index in [2.05, 4.69) is 29.4 Å². The summed E-state index contributed by atoms with van der Waals surface area (Å²) >= 11 is 1.42. The van der Waals surface area contributed by atoms with Gasteiger partial charge >= 0.3 is 0 Å². The fraction of sp³-hybridized carbons (Fsp3) is 0.429. The number of benzene rings is 1. The molecule has 0 fully saturated rings. The van der Waals surface area contributed by atoms with Crippen LogP contribution >= 0.6 is 11.3 Å². The van der Waals surface area contributed by atoms with Crippen molar-refractivity contribution in [2.24, 2.45) is 0 Å². The van der Waals surface area contributed by atoms with Gasteiger partial charge in [0.25, 0.3) is 0 Å². The van der Waals surface area contributed by atoms with Gasteiger partial charge in [0.2, 0.25) is 0 Å². The number of aryl methyl sites for hydroxylation is 1. The van der Waals surface area contributed by atoms with Crippen molar-refractivity contribution in [3.8, 4) is 10.6 Å². The Morgan fingerprint density at radius 1 is 1.20 bits per heavy atom. The summed E-state index contributed by atoms with van der Waals surface area (Å²) < 4.78 is 26.0. The van der Waals surface area contributed by atoms with E-state index in [4.69, 9.17) is 0 Å². The van der Waals surface area contributed by atoms with Crippen LogP contribution in [-0.2, 0) is 6.42 Å². The predicted molar refractivity (Wildman–Crippen MR) is 76.7 cm³/mol. The van der Waals surface area contributed by atoms with Gasteiger partial charge < -0.3 is 5.32 Å². The lowest BCUT2D eigenvalue weighted by molar-refractivity contribution is 0.509. The second-order valence-electron chi connectivity index (χ2n) is 4.84. The molecule has 0 aliphatic heterocycles. The van der Waals surface area contributed by atoms with E-state index < -0.39 is 11.6 Å². The van der Waals surface area contributed by atoms with Crippen LogP contribution in [0.3, 0.4) is 0 Å². The van der Waals surface area contributed by atoms with Gasteiger partial charge in [-0.2, -0.15) is 0 Å². The van der Waals surface area contributed by atoms with Crippen LogP contribution in [0.4, 0.5) is 8.78 Å². The Hall–Kier alpha value is -1.40. The van der Waals surface area contributed by atoms with Crippen LogP contribution in [-0.4, -0.2) is 22.8 Å². The summed E-state index contributed by atoms with van der Waals surface area (Å²) in [6.45, 7) is 5.13. The molecule has 0 atom stereocenters. The Bertz CT molecular complexity index is 569. The molecule has 1 heterocycles. The summed E-state index contributed by atoms with van der Waals surface area (Å²) in [4.78, 5) is 0. The van der Waals surface area contributed by atoms with Gasteiger partial charge in [-0.15, -0.1) is 10.2 Å². The van der Waals surface area contributed by atoms with Crippen LogP contribution < -0.4 is 5.32 Å². The second kappa shape index (κ2) is 6.85. The molecule has 108 valence electrons. The third-order valence-corrected chi connectivity index (χ3v) is 3.79. The lowest BCUT2D eigenvalue weighted by atomic mass is 10.2. The number of hydrogen-bond acceptors (Lipinski definition) is 4. The lowest BCUT2D eigenvalue weighted by Gasteiger charge is -2.05. The van der Waals surface area contributed by atoms with E-state index in [9.17, 15) is 8.78 Å². The third-order valence-electron chi connectivity index (χ3n) is 2.75. The Balaban J connectivity index is 1.96. The van der Waals surface area contributed by atoms with Gasteiger partial charge in [-0.3, -0.25) is 0 Å². The first-order valence-electron chi connectivity index (χ1n) is 6.57. The Labute approximate surface area is 121 Å². The number of halogens is 2. The Morgan fingerprint density at radius 3 is 2.70 bits per heavy atom. The zero-order valence-corrected chi connectivity index (χ0v) is 12.3. The summed E-state index contributed by atoms with van der Waals surface area (Å²) in [5, 5.41) is 13.0. The van der Waals surface area contributed by atoms with Crippen LogP contribution in [0.25, 0.3) is 10.6 Å². The highest BCUT2D eigenvalue weighted by molar-refractivity contribution is 7.14. The van der Waals surface area contributed by atoms with Gasteiger partial charge in [0.15, 0.2) is 11.6 Å². The molecule has 3 nitrogen and oxygen atoms in total. The highest BCUT2D eigenvalue weighted by Crippen LogP contribution is 2.25. The summed E-state index contributed by atoms with van der Waals surface area (Å²) in [6.07, 6.45) is 1.81. The van der Waals surface area contributed by atoms with Crippen LogP contribution in [0.15, 0.2) is 18.2 Å². The Morgan fingerprint density at radius 2 is 2.00 bits per heavy atom. The maximum Gasteiger partial charge on any atom is 0.159 e. The van der Waals surface area contributed by atoms with Gasteiger partial charge in [-0.05, 0) is 31.2 Å². The van der Waals surface area contributed by atoms with Crippen LogP contribution in [0, 0.1) is 11.6 Å². The molecule has 0 unspecified atom stereocenters. The molecule has 20 heavy (non-hydrogen) atoms. The van der Waals surface area contributed by atoms with Gasteiger partial charge in [0.05, 0.1) is 0 Å². The topological polar surface area (TPSA) is 37.8 Å². The molecular formula is C14H17F2N3S. The van der Waals surface area contributed by atoms with E-state index in [1.54, 1.807) is 0 Å². The lowest BCUT2D eigenvalue weighted by Crippen LogP contribution is -2.23. The average molecular weight is 297 g/mol. The van der Waals surface area contributed by atoms with Crippen molar-refractivity contribution >= 4 is 11.3 Å². The molecule has 1 N–H and O–H groups in total. The van der Waals surface area contributed by atoms with Crippen molar-refractivity contribution in [2.75, 3.05) is 6.54 Å². The van der Waals surface area contributed by atoms with E-state index >= 15 is 0 Å². The fourth-order valence-electron chi connectivity index (χ4n) is 1.73. The number of nitrogens with zero attached hydrogens (tertiary/aromatic N) is 2. The van der Waals surface area contributed by atoms with Crippen molar-refractivity contribution < 1.29 is 8.78 Å². The van der Waals surface area contributed by atoms with Crippen molar-refractivity contribution in [1.29, 1.82) is 0 Å². The monoisotopic (exact) mass is 297 g/mol. The zero-order chi connectivity index (χ0) is 14.5. The quantitative estimate of drug-likeness (QED) is 0.830. The van der Waals surface area contributed by atoms with Crippen molar-refractivity contribution in [2.45, 2.75) is 32.7 Å². The maximum absolute atomic E-state index is 13.2. The maximum atomic E-state index is 13.2. The standard InChI is InChI=1S/C14H17F2N3S/c1-9(2)17-7-3-4-13-18-19-14(20-13)10-5-6-11(15)12(16)8-10/h5-6,8-9,17H,3-4,7H2,1-2H3. The first-order chi connectivity index (χ1) is 9.56. The molecule has 0 amide bonds. The van der Waals surface area contributed by atoms with E-state index in [0.29, 0.717) is 16.6 Å². The van der Waals surface area contributed by atoms with Gasteiger partial charge in [-0.25, -0.2) is 8.78 Å². The molecular weight excluding hydrogens is 280 g/mol. The zero-order valence-electron chi connectivity index (χ0n) is 11.5. The molecule has 6 heteroatoms. The number of hydrogen-bond donors (Lipinski definition) is 1. The first kappa shape index (κ1) is 15.0. The minimum Gasteiger partial charge on any atom is -0.315 e. The van der Waals surface area contributed by atoms with E-state index in [0.717, 1.165) is 36.5 Å². The van der Waals surface area contributed by atoms with Gasteiger partial charge in [0, 0.05) is 18.0 Å². The van der Waals surface area contributed by atoms with Crippen molar-refractivity contribution in [3.05, 3.63) is 34.8 Å². The second-order valence-corrected chi connectivity index (χ2v) is 5.90. The average Bonchev–Trinajstić information content (AvgIpc) is 2.86. The highest BCUT2D eigenvalue weighted by atomic mass is 32.1. The predicted octanol–water partition coefficient (Wildman–Crippen LogP) is 3.41. The Kier molecular flexibility index (Phi) is 5.14. The number of nitrogens with one attached hydrogen (secondary N) is 1. The summed E-state index contributed by atoms with van der Waals surface area (Å²) in [5.41, 5.74) is 0.563. The molecule has 0 radical (unpaired) electrons. The molecule has 2 aromatic rings. The highest BCUT2D eigenvalue weighted by Gasteiger charge is 2.09. The van der Waals surface area contributed by atoms with E-state index in [1.807, 2.05) is 0 Å². The fourth-order valence-corrected chi connectivity index (χ4v) is 2.61. The minimum absolute atomic E-state index is 0.474. The van der Waals surface area contributed by atoms with Crippen molar-refractivity contribution in [3.63, 3.8) is 0 Å². The number of rotatable bonds is 6. The van der Waals surface area contributed by atoms with Gasteiger partial charge in [0.1, 0.15) is 10.0 Å². The minimum atomic E-state index is -0.861. The third kappa shape index (κ3) is 4.05. The summed E-state index contributed by atoms with van der Waals surface area (Å²) in [6, 6.07) is 4.25. The molecule has 0 aliphatic rings. The molecule has 1 aromatic heterocycles. The number of aromatic nitrogens is 2. The molecule has 0 spiro atoms. The largest absolute Gasteiger partial charge is 0.315 e. The van der Waals surface area contributed by atoms with Crippen LogP contribution in [0.5, 0.6) is 0 Å². The molecule has 0 saturated heterocycles. The van der Waals surface area contributed by atoms with E-state index in [-0.39, 0.29) is 0 Å². The van der Waals surface area contributed by atoms with Gasteiger partial charge in [-0.1, -0.05) is 25.2 Å². The van der Waals surface area contributed by atoms with Crippen LogP contribution in [0.2, 0.25) is 0 Å². The van der Waals surface area contributed by atoms with Crippen molar-refractivity contribution in [1.82, 2.24) is 15.5 Å². The first-order valence-corrected chi connectivity index (χ1v) is 7.39. The van der Waals surface area contributed by atoms with E-state index in [1.165, 1.54) is 17.4 Å². The SMILES string of the molecule is CC(C)NCCCc1nnc(-c2ccc(F)c(F)c2)s1. The molecule has 0 bridgehead atoms. The molecule has 2 rings (SSSR count). The summed E-state index contributed by atoms with van der Waals surface area (Å²) in [5.74, 6) is -1.71. The smallest absolute Gasteiger partial charge is 0.159 e. The molecule has 0 saturated carbocycles. The summed E-state index contributed by atoms with van der Waals surface area (Å²) in [7, 11) is 0. The van der Waals surface area contributed by atoms with Crippen LogP contribution in [0.1, 0.15) is 25.3 Å². The molecule has 1 aromatic carbocycles.